The van der Waals surface area contributed by atoms with Crippen molar-refractivity contribution in [3.05, 3.63) is 71.8 Å². The third-order valence-electron chi connectivity index (χ3n) is 6.56. The smallest absolute Gasteiger partial charge is 0.256 e. The summed E-state index contributed by atoms with van der Waals surface area (Å²) >= 11 is 0. The Labute approximate surface area is 174 Å². The number of likely N-dealkylation sites (tertiary alicyclic amines) is 2. The van der Waals surface area contributed by atoms with Crippen molar-refractivity contribution < 1.29 is 9.53 Å². The third kappa shape index (κ3) is 4.71. The molecule has 0 aromatic heterocycles. The quantitative estimate of drug-likeness (QED) is 0.747. The zero-order valence-electron chi connectivity index (χ0n) is 17.4. The number of carbonyl (C=O) groups is 1. The van der Waals surface area contributed by atoms with Crippen molar-refractivity contribution in [2.24, 2.45) is 5.92 Å². The number of fused-ring (bicyclic) bond motifs is 1. The van der Waals surface area contributed by atoms with Crippen molar-refractivity contribution in [3.63, 3.8) is 0 Å². The molecule has 4 rings (SSSR count). The van der Waals surface area contributed by atoms with Crippen molar-refractivity contribution >= 4 is 5.91 Å². The van der Waals surface area contributed by atoms with E-state index in [1.165, 1.54) is 12.0 Å². The lowest BCUT2D eigenvalue weighted by atomic mass is 9.83. The zero-order valence-corrected chi connectivity index (χ0v) is 17.4. The Morgan fingerprint density at radius 2 is 1.76 bits per heavy atom. The second-order valence-electron chi connectivity index (χ2n) is 8.35. The number of ether oxygens (including phenoxy) is 1. The van der Waals surface area contributed by atoms with Gasteiger partial charge in [-0.2, -0.15) is 0 Å². The minimum absolute atomic E-state index is 0.131. The van der Waals surface area contributed by atoms with Gasteiger partial charge >= 0.3 is 0 Å². The van der Waals surface area contributed by atoms with E-state index >= 15 is 0 Å². The summed E-state index contributed by atoms with van der Waals surface area (Å²) in [4.78, 5) is 18.1. The molecule has 1 amide bonds. The molecule has 0 N–H and O–H groups in total. The van der Waals surface area contributed by atoms with E-state index in [4.69, 9.17) is 4.74 Å². The fraction of sp³-hybridized carbons (Fsp3) is 0.480. The van der Waals surface area contributed by atoms with E-state index in [-0.39, 0.29) is 5.91 Å². The molecule has 0 spiro atoms. The number of piperidine rings is 2. The second-order valence-corrected chi connectivity index (χ2v) is 8.35. The molecule has 29 heavy (non-hydrogen) atoms. The molecule has 0 bridgehead atoms. The predicted octanol–water partition coefficient (Wildman–Crippen LogP) is 3.93. The van der Waals surface area contributed by atoms with E-state index in [0.717, 1.165) is 51.0 Å². The van der Waals surface area contributed by atoms with Crippen LogP contribution in [0, 0.1) is 5.92 Å². The van der Waals surface area contributed by atoms with Gasteiger partial charge in [-0.1, -0.05) is 60.7 Å². The van der Waals surface area contributed by atoms with Crippen LogP contribution in [0.4, 0.5) is 0 Å². The average Bonchev–Trinajstić information content (AvgIpc) is 2.79. The summed E-state index contributed by atoms with van der Waals surface area (Å²) in [6.07, 6.45) is 3.98. The molecule has 3 atom stereocenters. The summed E-state index contributed by atoms with van der Waals surface area (Å²) in [6.45, 7) is 4.13. The Morgan fingerprint density at radius 1 is 1.03 bits per heavy atom. The Hall–Kier alpha value is -2.17. The van der Waals surface area contributed by atoms with Crippen LogP contribution >= 0.6 is 0 Å². The minimum Gasteiger partial charge on any atom is -0.367 e. The van der Waals surface area contributed by atoms with Gasteiger partial charge in [0.1, 0.15) is 0 Å². The van der Waals surface area contributed by atoms with E-state index in [9.17, 15) is 4.79 Å². The summed E-state index contributed by atoms with van der Waals surface area (Å²) in [5, 5.41) is 0. The van der Waals surface area contributed by atoms with Gasteiger partial charge in [0.05, 0.1) is 0 Å². The maximum Gasteiger partial charge on any atom is 0.256 e. The first-order valence-electron chi connectivity index (χ1n) is 10.9. The first-order chi connectivity index (χ1) is 14.3. The number of hydrogen-bond donors (Lipinski definition) is 0. The Balaban J connectivity index is 1.38. The van der Waals surface area contributed by atoms with Gasteiger partial charge in [-0.3, -0.25) is 4.79 Å². The summed E-state index contributed by atoms with van der Waals surface area (Å²) in [7, 11) is 1.64. The van der Waals surface area contributed by atoms with Crippen LogP contribution in [0.3, 0.4) is 0 Å². The highest BCUT2D eigenvalue weighted by Crippen LogP contribution is 2.33. The van der Waals surface area contributed by atoms with Gasteiger partial charge in [0.25, 0.3) is 5.91 Å². The monoisotopic (exact) mass is 392 g/mol. The lowest BCUT2D eigenvalue weighted by molar-refractivity contribution is -0.149. The molecule has 2 aromatic rings. The van der Waals surface area contributed by atoms with Gasteiger partial charge in [0.15, 0.2) is 6.10 Å². The molecule has 2 fully saturated rings. The Bertz CT molecular complexity index is 780. The van der Waals surface area contributed by atoms with Gasteiger partial charge in [0, 0.05) is 39.3 Å². The van der Waals surface area contributed by atoms with E-state index < -0.39 is 6.10 Å². The van der Waals surface area contributed by atoms with Crippen LogP contribution in [0.15, 0.2) is 60.7 Å². The lowest BCUT2D eigenvalue weighted by Crippen LogP contribution is -2.56. The van der Waals surface area contributed by atoms with Crippen LogP contribution in [-0.2, 0) is 16.0 Å². The van der Waals surface area contributed by atoms with E-state index in [0.29, 0.717) is 12.0 Å². The molecule has 154 valence electrons. The van der Waals surface area contributed by atoms with Gasteiger partial charge in [-0.05, 0) is 42.7 Å². The molecular weight excluding hydrogens is 360 g/mol. The van der Waals surface area contributed by atoms with Gasteiger partial charge in [-0.25, -0.2) is 0 Å². The number of amides is 1. The zero-order chi connectivity index (χ0) is 20.1. The number of methoxy groups -OCH3 is 1. The SMILES string of the molecule is COC(C(=O)N1CCC[C@@H]2CN(CCc3ccccc3)CC[C@@H]21)c1ccccc1. The maximum absolute atomic E-state index is 13.4. The van der Waals surface area contributed by atoms with E-state index in [1.54, 1.807) is 7.11 Å². The minimum atomic E-state index is -0.494. The molecule has 2 saturated heterocycles. The number of benzene rings is 2. The second kappa shape index (κ2) is 9.55. The maximum atomic E-state index is 13.4. The molecule has 0 radical (unpaired) electrons. The molecule has 0 saturated carbocycles. The average molecular weight is 393 g/mol. The van der Waals surface area contributed by atoms with Crippen molar-refractivity contribution in [1.29, 1.82) is 0 Å². The van der Waals surface area contributed by atoms with Crippen molar-refractivity contribution in [3.8, 4) is 0 Å². The standard InChI is InChI=1S/C25H32N2O2/c1-29-24(21-11-6-3-7-12-21)25(28)27-16-8-13-22-19-26(18-15-23(22)27)17-14-20-9-4-2-5-10-20/h2-7,9-12,22-24H,8,13-19H2,1H3/t22-,23+,24?/m1/s1. The summed E-state index contributed by atoms with van der Waals surface area (Å²) in [6, 6.07) is 21.0. The molecule has 4 nitrogen and oxygen atoms in total. The van der Waals surface area contributed by atoms with Crippen LogP contribution in [0.1, 0.15) is 36.5 Å². The van der Waals surface area contributed by atoms with Gasteiger partial charge in [0.2, 0.25) is 0 Å². The van der Waals surface area contributed by atoms with Gasteiger partial charge in [-0.15, -0.1) is 0 Å². The molecule has 0 aliphatic carbocycles. The number of carbonyl (C=O) groups excluding carboxylic acids is 1. The van der Waals surface area contributed by atoms with Crippen LogP contribution in [0.25, 0.3) is 0 Å². The largest absolute Gasteiger partial charge is 0.367 e. The van der Waals surface area contributed by atoms with Crippen LogP contribution in [-0.4, -0.2) is 55.0 Å². The van der Waals surface area contributed by atoms with Crippen molar-refractivity contribution in [2.45, 2.75) is 37.8 Å². The molecule has 4 heteroatoms. The molecule has 2 aliphatic heterocycles. The Kier molecular flexibility index (Phi) is 6.63. The molecule has 2 heterocycles. The number of nitrogens with zero attached hydrogens (tertiary/aromatic N) is 2. The first-order valence-corrected chi connectivity index (χ1v) is 10.9. The summed E-state index contributed by atoms with van der Waals surface area (Å²) in [5.74, 6) is 0.705. The highest BCUT2D eigenvalue weighted by atomic mass is 16.5. The third-order valence-corrected chi connectivity index (χ3v) is 6.56. The van der Waals surface area contributed by atoms with E-state index in [1.807, 2.05) is 30.3 Å². The van der Waals surface area contributed by atoms with E-state index in [2.05, 4.69) is 40.1 Å². The van der Waals surface area contributed by atoms with Crippen LogP contribution in [0.5, 0.6) is 0 Å². The summed E-state index contributed by atoms with van der Waals surface area (Å²) in [5.41, 5.74) is 2.35. The first kappa shape index (κ1) is 20.1. The Morgan fingerprint density at radius 3 is 2.48 bits per heavy atom. The highest BCUT2D eigenvalue weighted by molar-refractivity contribution is 5.82. The van der Waals surface area contributed by atoms with Crippen LogP contribution in [0.2, 0.25) is 0 Å². The van der Waals surface area contributed by atoms with Crippen molar-refractivity contribution in [1.82, 2.24) is 9.80 Å². The topological polar surface area (TPSA) is 32.8 Å². The van der Waals surface area contributed by atoms with Crippen LogP contribution < -0.4 is 0 Å². The predicted molar refractivity (Wildman–Crippen MR) is 116 cm³/mol. The molecule has 2 aliphatic rings. The fourth-order valence-corrected chi connectivity index (χ4v) is 5.05. The number of rotatable bonds is 6. The van der Waals surface area contributed by atoms with Gasteiger partial charge < -0.3 is 14.5 Å². The van der Waals surface area contributed by atoms with Crippen molar-refractivity contribution in [2.75, 3.05) is 33.3 Å². The number of hydrogen-bond acceptors (Lipinski definition) is 3. The fourth-order valence-electron chi connectivity index (χ4n) is 5.05. The highest BCUT2D eigenvalue weighted by Gasteiger charge is 2.40. The normalized spacial score (nSPS) is 23.4. The summed E-state index contributed by atoms with van der Waals surface area (Å²) < 4.78 is 5.64. The molecular formula is C25H32N2O2. The lowest BCUT2D eigenvalue weighted by Gasteiger charge is -2.48. The molecule has 2 aromatic carbocycles. The molecule has 1 unspecified atom stereocenters.